The Kier molecular flexibility index (Phi) is 4.94. The zero-order chi connectivity index (χ0) is 22.5. The van der Waals surface area contributed by atoms with E-state index in [-0.39, 0.29) is 11.2 Å². The van der Waals surface area contributed by atoms with Gasteiger partial charge in [-0.1, -0.05) is 81.1 Å². The summed E-state index contributed by atoms with van der Waals surface area (Å²) in [5, 5.41) is 23.0. The van der Waals surface area contributed by atoms with Crippen molar-refractivity contribution in [2.75, 3.05) is 0 Å². The van der Waals surface area contributed by atoms with Crippen molar-refractivity contribution in [3.8, 4) is 11.4 Å². The van der Waals surface area contributed by atoms with Crippen LogP contribution >= 0.6 is 11.8 Å². The number of nitrogens with zero attached hydrogens (tertiary/aromatic N) is 3. The Bertz CT molecular complexity index is 1460. The van der Waals surface area contributed by atoms with Crippen molar-refractivity contribution >= 4 is 33.6 Å². The minimum atomic E-state index is -0.188. The highest BCUT2D eigenvalue weighted by atomic mass is 32.2. The first-order valence-corrected chi connectivity index (χ1v) is 11.5. The van der Waals surface area contributed by atoms with E-state index in [2.05, 4.69) is 69.3 Å². The molecule has 5 heteroatoms. The van der Waals surface area contributed by atoms with E-state index < -0.39 is 0 Å². The number of phenolic OH excluding ortho intramolecular Hbond substituents is 1. The Balaban J connectivity index is 1.63. The first kappa shape index (κ1) is 20.6. The maximum atomic E-state index is 11.0. The van der Waals surface area contributed by atoms with Crippen LogP contribution in [0.1, 0.15) is 31.9 Å². The number of fused-ring (bicyclic) bond motifs is 2. The molecule has 160 valence electrons. The highest BCUT2D eigenvalue weighted by molar-refractivity contribution is 7.99. The summed E-state index contributed by atoms with van der Waals surface area (Å²) in [6.07, 6.45) is 0. The van der Waals surface area contributed by atoms with E-state index in [1.165, 1.54) is 15.7 Å². The predicted octanol–water partition coefficient (Wildman–Crippen LogP) is 7.04. The molecule has 0 unspecified atom stereocenters. The number of aromatic nitrogens is 3. The lowest BCUT2D eigenvalue weighted by Crippen LogP contribution is -2.13. The lowest BCUT2D eigenvalue weighted by Gasteiger charge is -2.22. The molecule has 0 saturated carbocycles. The molecule has 0 amide bonds. The summed E-state index contributed by atoms with van der Waals surface area (Å²) in [5.74, 6) is 0.228. The van der Waals surface area contributed by atoms with Crippen molar-refractivity contribution < 1.29 is 5.11 Å². The zero-order valence-electron chi connectivity index (χ0n) is 18.6. The van der Waals surface area contributed by atoms with Crippen molar-refractivity contribution in [3.05, 3.63) is 83.9 Å². The van der Waals surface area contributed by atoms with Gasteiger partial charge in [-0.25, -0.2) is 0 Å². The largest absolute Gasteiger partial charge is 0.505 e. The fourth-order valence-electron chi connectivity index (χ4n) is 3.99. The predicted molar refractivity (Wildman–Crippen MR) is 132 cm³/mol. The minimum Gasteiger partial charge on any atom is -0.505 e. The molecule has 5 rings (SSSR count). The second-order valence-electron chi connectivity index (χ2n) is 9.12. The van der Waals surface area contributed by atoms with E-state index >= 15 is 0 Å². The Morgan fingerprint density at radius 3 is 2.38 bits per heavy atom. The van der Waals surface area contributed by atoms with Crippen molar-refractivity contribution in [3.63, 3.8) is 0 Å². The van der Waals surface area contributed by atoms with Crippen LogP contribution in [0.3, 0.4) is 0 Å². The average molecular weight is 440 g/mol. The summed E-state index contributed by atoms with van der Waals surface area (Å²) in [4.78, 5) is 3.78. The summed E-state index contributed by atoms with van der Waals surface area (Å²) < 4.78 is 0. The Labute approximate surface area is 191 Å². The Morgan fingerprint density at radius 1 is 0.844 bits per heavy atom. The lowest BCUT2D eigenvalue weighted by atomic mass is 9.85. The highest BCUT2D eigenvalue weighted by Gasteiger charge is 2.23. The summed E-state index contributed by atoms with van der Waals surface area (Å²) in [6, 6.07) is 24.8. The molecule has 5 aromatic rings. The molecular weight excluding hydrogens is 414 g/mol. The maximum Gasteiger partial charge on any atom is 0.146 e. The molecule has 0 aliphatic carbocycles. The number of benzene rings is 4. The monoisotopic (exact) mass is 439 g/mol. The number of hydrogen-bond acceptors (Lipinski definition) is 4. The molecule has 0 aliphatic rings. The van der Waals surface area contributed by atoms with E-state index in [1.54, 1.807) is 16.6 Å². The maximum absolute atomic E-state index is 11.0. The summed E-state index contributed by atoms with van der Waals surface area (Å²) in [6.45, 7) is 8.31. The van der Waals surface area contributed by atoms with Crippen LogP contribution in [0.4, 0.5) is 0 Å². The quantitative estimate of drug-likeness (QED) is 0.328. The van der Waals surface area contributed by atoms with Crippen LogP contribution < -0.4 is 0 Å². The molecule has 4 nitrogen and oxygen atoms in total. The van der Waals surface area contributed by atoms with Gasteiger partial charge in [-0.3, -0.25) is 0 Å². The smallest absolute Gasteiger partial charge is 0.146 e. The molecule has 0 atom stereocenters. The molecule has 0 spiro atoms. The van der Waals surface area contributed by atoms with Crippen LogP contribution in [0.5, 0.6) is 5.75 Å². The molecule has 0 bridgehead atoms. The van der Waals surface area contributed by atoms with E-state index in [4.69, 9.17) is 10.2 Å². The van der Waals surface area contributed by atoms with Crippen molar-refractivity contribution in [1.82, 2.24) is 15.0 Å². The third kappa shape index (κ3) is 3.63. The van der Waals surface area contributed by atoms with Gasteiger partial charge < -0.3 is 5.11 Å². The average Bonchev–Trinajstić information content (AvgIpc) is 3.20. The van der Waals surface area contributed by atoms with E-state index in [9.17, 15) is 5.11 Å². The van der Waals surface area contributed by atoms with E-state index in [0.717, 1.165) is 27.1 Å². The molecule has 1 heterocycles. The van der Waals surface area contributed by atoms with Crippen LogP contribution in [0, 0.1) is 6.92 Å². The topological polar surface area (TPSA) is 50.9 Å². The van der Waals surface area contributed by atoms with Gasteiger partial charge in [-0.05, 0) is 52.9 Å². The van der Waals surface area contributed by atoms with Crippen LogP contribution in [0.2, 0.25) is 0 Å². The van der Waals surface area contributed by atoms with Crippen molar-refractivity contribution in [1.29, 1.82) is 0 Å². The SMILES string of the molecule is Cc1cc(-n2nc3cccc(Sc4cccc5ccccc45)c3n2)c(O)c(C(C)(C)C)c1. The zero-order valence-corrected chi connectivity index (χ0v) is 19.4. The number of rotatable bonds is 3. The molecule has 1 N–H and O–H groups in total. The van der Waals surface area contributed by atoms with Crippen LogP contribution in [0.25, 0.3) is 27.5 Å². The molecule has 1 aromatic heterocycles. The molecule has 0 saturated heterocycles. The standard InChI is InChI=1S/C27H25N3OS/c1-17-15-20(27(2,3)4)26(31)22(16-17)30-28-21-12-8-14-24(25(21)29-30)32-23-13-7-10-18-9-5-6-11-19(18)23/h5-16,31H,1-4H3. The molecule has 4 aromatic carbocycles. The number of aryl methyl sites for hydroxylation is 1. The number of phenols is 1. The van der Waals surface area contributed by atoms with Crippen LogP contribution in [0.15, 0.2) is 82.6 Å². The third-order valence-corrected chi connectivity index (χ3v) is 6.73. The van der Waals surface area contributed by atoms with E-state index in [0.29, 0.717) is 5.69 Å². The lowest BCUT2D eigenvalue weighted by molar-refractivity contribution is 0.440. The third-order valence-electron chi connectivity index (χ3n) is 5.60. The second-order valence-corrected chi connectivity index (χ2v) is 10.2. The van der Waals surface area contributed by atoms with Gasteiger partial charge >= 0.3 is 0 Å². The highest BCUT2D eigenvalue weighted by Crippen LogP contribution is 2.38. The minimum absolute atomic E-state index is 0.188. The molecule has 0 radical (unpaired) electrons. The summed E-state index contributed by atoms with van der Waals surface area (Å²) in [7, 11) is 0. The first-order valence-electron chi connectivity index (χ1n) is 10.7. The fourth-order valence-corrected chi connectivity index (χ4v) is 5.06. The van der Waals surface area contributed by atoms with Gasteiger partial charge in [-0.2, -0.15) is 0 Å². The van der Waals surface area contributed by atoms with Crippen LogP contribution in [-0.4, -0.2) is 20.1 Å². The van der Waals surface area contributed by atoms with Gasteiger partial charge in [0.2, 0.25) is 0 Å². The normalized spacial score (nSPS) is 12.0. The Hall–Kier alpha value is -3.31. The van der Waals surface area contributed by atoms with Crippen molar-refractivity contribution in [2.45, 2.75) is 42.9 Å². The van der Waals surface area contributed by atoms with Gasteiger partial charge in [0, 0.05) is 15.4 Å². The van der Waals surface area contributed by atoms with E-state index in [1.807, 2.05) is 31.2 Å². The Morgan fingerprint density at radius 2 is 1.56 bits per heavy atom. The van der Waals surface area contributed by atoms with Gasteiger partial charge in [-0.15, -0.1) is 15.0 Å². The number of hydrogen-bond donors (Lipinski definition) is 1. The van der Waals surface area contributed by atoms with Gasteiger partial charge in [0.25, 0.3) is 0 Å². The van der Waals surface area contributed by atoms with Gasteiger partial charge in [0.1, 0.15) is 22.5 Å². The molecular formula is C27H25N3OS. The first-order chi connectivity index (χ1) is 15.3. The van der Waals surface area contributed by atoms with Gasteiger partial charge in [0.05, 0.1) is 0 Å². The second kappa shape index (κ2) is 7.68. The fraction of sp³-hybridized carbons (Fsp3) is 0.185. The van der Waals surface area contributed by atoms with Crippen molar-refractivity contribution in [2.24, 2.45) is 0 Å². The van der Waals surface area contributed by atoms with Gasteiger partial charge in [0.15, 0.2) is 0 Å². The molecule has 0 aliphatic heterocycles. The molecule has 0 fully saturated rings. The summed E-state index contributed by atoms with van der Waals surface area (Å²) in [5.41, 5.74) is 3.99. The summed E-state index contributed by atoms with van der Waals surface area (Å²) >= 11 is 1.69. The number of aromatic hydroxyl groups is 1. The van der Waals surface area contributed by atoms with Crippen LogP contribution in [-0.2, 0) is 5.41 Å². The molecule has 32 heavy (non-hydrogen) atoms.